The molecule has 1 aromatic rings. The minimum atomic E-state index is -1.09. The lowest BCUT2D eigenvalue weighted by atomic mass is 10.1. The van der Waals surface area contributed by atoms with Crippen LogP contribution in [-0.4, -0.2) is 38.4 Å². The van der Waals surface area contributed by atoms with Crippen molar-refractivity contribution >= 4 is 10.8 Å². The first-order valence-electron chi connectivity index (χ1n) is 5.40. The Hall–Kier alpha value is -0.750. The standard InChI is InChI=1S/C10H19N3O2S/c1-9(2)4-6-15-7-5-13-8-11-12-10(13)16(3)14/h8-9H,4-7H2,1-3H3/t16-/m1/s1. The van der Waals surface area contributed by atoms with Crippen LogP contribution in [0.3, 0.4) is 0 Å². The first-order chi connectivity index (χ1) is 7.61. The predicted molar refractivity (Wildman–Crippen MR) is 62.6 cm³/mol. The van der Waals surface area contributed by atoms with E-state index in [9.17, 15) is 4.21 Å². The van der Waals surface area contributed by atoms with Crippen molar-refractivity contribution in [3.8, 4) is 0 Å². The van der Waals surface area contributed by atoms with E-state index in [1.54, 1.807) is 17.2 Å². The van der Waals surface area contributed by atoms with Gasteiger partial charge in [0.25, 0.3) is 0 Å². The lowest BCUT2D eigenvalue weighted by Gasteiger charge is -2.07. The molecule has 16 heavy (non-hydrogen) atoms. The molecule has 0 aliphatic rings. The molecule has 0 radical (unpaired) electrons. The summed E-state index contributed by atoms with van der Waals surface area (Å²) >= 11 is 0. The zero-order valence-electron chi connectivity index (χ0n) is 10.0. The minimum absolute atomic E-state index is 0.507. The average Bonchev–Trinajstić information content (AvgIpc) is 2.65. The van der Waals surface area contributed by atoms with Gasteiger partial charge in [-0.15, -0.1) is 10.2 Å². The summed E-state index contributed by atoms with van der Waals surface area (Å²) in [5.41, 5.74) is 0. The van der Waals surface area contributed by atoms with Crippen LogP contribution >= 0.6 is 0 Å². The summed E-state index contributed by atoms with van der Waals surface area (Å²) in [5, 5.41) is 8.04. The van der Waals surface area contributed by atoms with Crippen LogP contribution in [0.1, 0.15) is 20.3 Å². The van der Waals surface area contributed by atoms with Crippen LogP contribution in [0.4, 0.5) is 0 Å². The maximum atomic E-state index is 11.3. The van der Waals surface area contributed by atoms with Crippen LogP contribution in [0.2, 0.25) is 0 Å². The Kier molecular flexibility index (Phi) is 5.62. The van der Waals surface area contributed by atoms with Gasteiger partial charge in [-0.25, -0.2) is 0 Å². The Morgan fingerprint density at radius 2 is 2.25 bits per heavy atom. The molecular weight excluding hydrogens is 226 g/mol. The summed E-state index contributed by atoms with van der Waals surface area (Å²) in [6.07, 6.45) is 4.25. The van der Waals surface area contributed by atoms with Crippen LogP contribution in [0.25, 0.3) is 0 Å². The summed E-state index contributed by atoms with van der Waals surface area (Å²) in [5.74, 6) is 0.661. The monoisotopic (exact) mass is 245 g/mol. The molecule has 1 aromatic heterocycles. The molecule has 1 heterocycles. The Morgan fingerprint density at radius 1 is 1.50 bits per heavy atom. The molecule has 0 N–H and O–H groups in total. The molecule has 5 nitrogen and oxygen atoms in total. The zero-order chi connectivity index (χ0) is 12.0. The second-order valence-corrected chi connectivity index (χ2v) is 5.33. The van der Waals surface area contributed by atoms with Crippen molar-refractivity contribution < 1.29 is 8.95 Å². The predicted octanol–water partition coefficient (Wildman–Crippen LogP) is 1.08. The maximum Gasteiger partial charge on any atom is 0.221 e. The van der Waals surface area contributed by atoms with Gasteiger partial charge in [0, 0.05) is 19.4 Å². The molecule has 0 saturated heterocycles. The van der Waals surface area contributed by atoms with E-state index < -0.39 is 10.8 Å². The summed E-state index contributed by atoms with van der Waals surface area (Å²) in [6, 6.07) is 0. The first-order valence-corrected chi connectivity index (χ1v) is 6.96. The molecule has 0 aliphatic heterocycles. The van der Waals surface area contributed by atoms with Crippen molar-refractivity contribution in [3.05, 3.63) is 6.33 Å². The van der Waals surface area contributed by atoms with Crippen molar-refractivity contribution in [3.63, 3.8) is 0 Å². The Bertz CT molecular complexity index is 339. The van der Waals surface area contributed by atoms with E-state index in [0.717, 1.165) is 13.0 Å². The second-order valence-electron chi connectivity index (χ2n) is 4.06. The fourth-order valence-corrected chi connectivity index (χ4v) is 1.84. The lowest BCUT2D eigenvalue weighted by Crippen LogP contribution is -2.10. The fraction of sp³-hybridized carbons (Fsp3) is 0.800. The quantitative estimate of drug-likeness (QED) is 0.674. The van der Waals surface area contributed by atoms with Crippen molar-refractivity contribution in [2.75, 3.05) is 19.5 Å². The van der Waals surface area contributed by atoms with Crippen molar-refractivity contribution in [1.82, 2.24) is 14.8 Å². The Morgan fingerprint density at radius 3 is 2.88 bits per heavy atom. The van der Waals surface area contributed by atoms with Crippen LogP contribution in [-0.2, 0) is 22.1 Å². The summed E-state index contributed by atoms with van der Waals surface area (Å²) in [4.78, 5) is 0. The summed E-state index contributed by atoms with van der Waals surface area (Å²) < 4.78 is 18.5. The third-order valence-corrected chi connectivity index (χ3v) is 2.98. The van der Waals surface area contributed by atoms with E-state index in [1.807, 2.05) is 0 Å². The molecule has 0 spiro atoms. The van der Waals surface area contributed by atoms with Gasteiger partial charge in [0.2, 0.25) is 5.16 Å². The second kappa shape index (κ2) is 6.75. The highest BCUT2D eigenvalue weighted by Crippen LogP contribution is 2.01. The highest BCUT2D eigenvalue weighted by molar-refractivity contribution is 7.84. The first kappa shape index (κ1) is 13.3. The van der Waals surface area contributed by atoms with Crippen LogP contribution in [0.15, 0.2) is 11.5 Å². The average molecular weight is 245 g/mol. The van der Waals surface area contributed by atoms with E-state index in [2.05, 4.69) is 24.0 Å². The number of hydrogen-bond acceptors (Lipinski definition) is 4. The molecule has 0 fully saturated rings. The van der Waals surface area contributed by atoms with Gasteiger partial charge in [0.1, 0.15) is 6.33 Å². The molecule has 0 bridgehead atoms. The molecular formula is C10H19N3O2S. The highest BCUT2D eigenvalue weighted by atomic mass is 32.2. The number of hydrogen-bond donors (Lipinski definition) is 0. The van der Waals surface area contributed by atoms with Crippen LogP contribution < -0.4 is 0 Å². The van der Waals surface area contributed by atoms with Gasteiger partial charge in [-0.1, -0.05) is 13.8 Å². The van der Waals surface area contributed by atoms with E-state index in [4.69, 9.17) is 4.74 Å². The molecule has 1 atom stereocenters. The lowest BCUT2D eigenvalue weighted by molar-refractivity contribution is 0.114. The Balaban J connectivity index is 2.27. The van der Waals surface area contributed by atoms with Crippen molar-refractivity contribution in [2.45, 2.75) is 32.0 Å². The van der Waals surface area contributed by atoms with Gasteiger partial charge in [0.05, 0.1) is 17.4 Å². The smallest absolute Gasteiger partial charge is 0.221 e. The topological polar surface area (TPSA) is 57.0 Å². The van der Waals surface area contributed by atoms with Gasteiger partial charge in [0.15, 0.2) is 0 Å². The van der Waals surface area contributed by atoms with E-state index in [0.29, 0.717) is 24.2 Å². The molecule has 6 heteroatoms. The largest absolute Gasteiger partial charge is 0.380 e. The molecule has 0 aromatic carbocycles. The van der Waals surface area contributed by atoms with Gasteiger partial charge < -0.3 is 9.30 Å². The van der Waals surface area contributed by atoms with Gasteiger partial charge in [-0.05, 0) is 12.3 Å². The molecule has 92 valence electrons. The SMILES string of the molecule is CC(C)CCOCCn1cnnc1[S@@](C)=O. The maximum absolute atomic E-state index is 11.3. The Labute approximate surface area is 98.7 Å². The highest BCUT2D eigenvalue weighted by Gasteiger charge is 2.07. The molecule has 0 unspecified atom stereocenters. The molecule has 0 amide bonds. The van der Waals surface area contributed by atoms with Crippen LogP contribution in [0, 0.1) is 5.92 Å². The fourth-order valence-electron chi connectivity index (χ4n) is 1.20. The number of ether oxygens (including phenoxy) is 1. The molecule has 1 rings (SSSR count). The van der Waals surface area contributed by atoms with Gasteiger partial charge >= 0.3 is 0 Å². The summed E-state index contributed by atoms with van der Waals surface area (Å²) in [6.45, 7) is 6.36. The molecule has 0 saturated carbocycles. The third-order valence-electron chi connectivity index (χ3n) is 2.15. The number of nitrogens with zero attached hydrogens (tertiary/aromatic N) is 3. The van der Waals surface area contributed by atoms with Crippen molar-refractivity contribution in [1.29, 1.82) is 0 Å². The normalized spacial score (nSPS) is 13.2. The van der Waals surface area contributed by atoms with Crippen molar-refractivity contribution in [2.24, 2.45) is 5.92 Å². The van der Waals surface area contributed by atoms with E-state index in [-0.39, 0.29) is 0 Å². The minimum Gasteiger partial charge on any atom is -0.380 e. The van der Waals surface area contributed by atoms with E-state index in [1.165, 1.54) is 0 Å². The van der Waals surface area contributed by atoms with Gasteiger partial charge in [-0.2, -0.15) is 0 Å². The number of aromatic nitrogens is 3. The van der Waals surface area contributed by atoms with Crippen LogP contribution in [0.5, 0.6) is 0 Å². The zero-order valence-corrected chi connectivity index (χ0v) is 10.9. The third kappa shape index (κ3) is 4.40. The van der Waals surface area contributed by atoms with E-state index >= 15 is 0 Å². The number of rotatable bonds is 7. The van der Waals surface area contributed by atoms with Gasteiger partial charge in [-0.3, -0.25) is 4.21 Å². The molecule has 0 aliphatic carbocycles. The summed E-state index contributed by atoms with van der Waals surface area (Å²) in [7, 11) is -1.09.